The zero-order valence-corrected chi connectivity index (χ0v) is 8.82. The van der Waals surface area contributed by atoms with Crippen LogP contribution >= 0.6 is 0 Å². The third kappa shape index (κ3) is 2.23. The van der Waals surface area contributed by atoms with E-state index in [2.05, 4.69) is 4.74 Å². The third-order valence-electron chi connectivity index (χ3n) is 2.57. The van der Waals surface area contributed by atoms with Gasteiger partial charge in [-0.25, -0.2) is 0 Å². The van der Waals surface area contributed by atoms with Crippen molar-refractivity contribution in [3.8, 4) is 0 Å². The molecule has 0 saturated carbocycles. The molecule has 0 N–H and O–H groups in total. The fourth-order valence-electron chi connectivity index (χ4n) is 1.50. The quantitative estimate of drug-likeness (QED) is 0.554. The van der Waals surface area contributed by atoms with Crippen molar-refractivity contribution in [3.05, 3.63) is 0 Å². The molecule has 1 saturated heterocycles. The van der Waals surface area contributed by atoms with Crippen LogP contribution in [0.2, 0.25) is 0 Å². The number of hydrogen-bond acceptors (Lipinski definition) is 4. The van der Waals surface area contributed by atoms with Gasteiger partial charge >= 0.3 is 5.97 Å². The van der Waals surface area contributed by atoms with Gasteiger partial charge in [0.1, 0.15) is 0 Å². The van der Waals surface area contributed by atoms with Crippen LogP contribution in [0.4, 0.5) is 0 Å². The molecule has 0 aromatic heterocycles. The number of likely N-dealkylation sites (N-methyl/N-ethyl adjacent to an activating group) is 2. The second-order valence-electron chi connectivity index (χ2n) is 3.54. The number of ether oxygens (including phenoxy) is 1. The van der Waals surface area contributed by atoms with Gasteiger partial charge in [-0.05, 0) is 7.05 Å². The van der Waals surface area contributed by atoms with Crippen LogP contribution in [0.5, 0.6) is 0 Å². The van der Waals surface area contributed by atoms with Gasteiger partial charge < -0.3 is 9.64 Å². The Balaban J connectivity index is 2.63. The van der Waals surface area contributed by atoms with Gasteiger partial charge in [-0.3, -0.25) is 14.5 Å². The Morgan fingerprint density at radius 2 is 2.14 bits per heavy atom. The first-order valence-corrected chi connectivity index (χ1v) is 4.58. The summed E-state index contributed by atoms with van der Waals surface area (Å²) in [6.07, 6.45) is 0.135. The summed E-state index contributed by atoms with van der Waals surface area (Å²) in [5.74, 6) is -0.352. The van der Waals surface area contributed by atoms with Crippen LogP contribution in [0.1, 0.15) is 6.42 Å². The molecule has 14 heavy (non-hydrogen) atoms. The van der Waals surface area contributed by atoms with E-state index in [-0.39, 0.29) is 24.3 Å². The number of methoxy groups -OCH3 is 1. The zero-order valence-electron chi connectivity index (χ0n) is 8.82. The first-order valence-electron chi connectivity index (χ1n) is 4.58. The zero-order chi connectivity index (χ0) is 10.7. The van der Waals surface area contributed by atoms with E-state index in [1.807, 2.05) is 11.9 Å². The number of esters is 1. The molecule has 0 aromatic carbocycles. The molecule has 1 heterocycles. The predicted octanol–water partition coefficient (Wildman–Crippen LogP) is -0.678. The molecule has 0 aliphatic carbocycles. The summed E-state index contributed by atoms with van der Waals surface area (Å²) in [5, 5.41) is 0. The molecule has 1 amide bonds. The van der Waals surface area contributed by atoms with E-state index in [9.17, 15) is 9.59 Å². The monoisotopic (exact) mass is 200 g/mol. The minimum atomic E-state index is -0.360. The number of hydrogen-bond donors (Lipinski definition) is 0. The van der Waals surface area contributed by atoms with Crippen molar-refractivity contribution in [2.24, 2.45) is 0 Å². The minimum absolute atomic E-state index is 0.0100. The number of piperazine rings is 1. The van der Waals surface area contributed by atoms with Crippen LogP contribution in [0.25, 0.3) is 0 Å². The standard InChI is InChI=1S/C9H16N2O3/c1-10-4-5-11(2)9(13)7(10)6-8(12)14-3/h7H,4-6H2,1-3H3. The van der Waals surface area contributed by atoms with Crippen molar-refractivity contribution in [1.29, 1.82) is 0 Å². The lowest BCUT2D eigenvalue weighted by Gasteiger charge is -2.36. The van der Waals surface area contributed by atoms with Crippen LogP contribution in [-0.4, -0.2) is 62.0 Å². The molecule has 0 bridgehead atoms. The molecule has 1 unspecified atom stereocenters. The summed E-state index contributed by atoms with van der Waals surface area (Å²) in [6.45, 7) is 1.51. The predicted molar refractivity (Wildman–Crippen MR) is 50.7 cm³/mol. The van der Waals surface area contributed by atoms with Crippen LogP contribution in [0.3, 0.4) is 0 Å². The Bertz CT molecular complexity index is 242. The molecule has 1 rings (SSSR count). The van der Waals surface area contributed by atoms with Crippen molar-refractivity contribution >= 4 is 11.9 Å². The highest BCUT2D eigenvalue weighted by molar-refractivity contribution is 5.87. The van der Waals surface area contributed by atoms with Gasteiger partial charge in [-0.1, -0.05) is 0 Å². The van der Waals surface area contributed by atoms with E-state index in [1.165, 1.54) is 7.11 Å². The van der Waals surface area contributed by atoms with Crippen LogP contribution in [-0.2, 0) is 14.3 Å². The minimum Gasteiger partial charge on any atom is -0.469 e. The molecule has 0 aromatic rings. The molecule has 1 atom stereocenters. The number of carbonyl (C=O) groups is 2. The molecule has 1 aliphatic heterocycles. The van der Waals surface area contributed by atoms with Crippen molar-refractivity contribution < 1.29 is 14.3 Å². The lowest BCUT2D eigenvalue weighted by atomic mass is 10.1. The summed E-state index contributed by atoms with van der Waals surface area (Å²) in [7, 11) is 4.93. The maximum Gasteiger partial charge on any atom is 0.307 e. The lowest BCUT2D eigenvalue weighted by molar-refractivity contribution is -0.149. The average Bonchev–Trinajstić information content (AvgIpc) is 2.18. The highest BCUT2D eigenvalue weighted by atomic mass is 16.5. The van der Waals surface area contributed by atoms with Gasteiger partial charge in [0.05, 0.1) is 19.6 Å². The average molecular weight is 200 g/mol. The SMILES string of the molecule is COC(=O)CC1C(=O)N(C)CCN1C. The van der Waals surface area contributed by atoms with E-state index < -0.39 is 0 Å². The molecule has 1 aliphatic rings. The fraction of sp³-hybridized carbons (Fsp3) is 0.778. The number of carbonyl (C=O) groups excluding carboxylic acids is 2. The Morgan fingerprint density at radius 3 is 2.71 bits per heavy atom. The molecule has 0 radical (unpaired) electrons. The van der Waals surface area contributed by atoms with Gasteiger partial charge in [-0.2, -0.15) is 0 Å². The van der Waals surface area contributed by atoms with Crippen molar-refractivity contribution in [3.63, 3.8) is 0 Å². The van der Waals surface area contributed by atoms with E-state index in [0.29, 0.717) is 6.54 Å². The molecular formula is C9H16N2O3. The van der Waals surface area contributed by atoms with Gasteiger partial charge in [0.15, 0.2) is 0 Å². The van der Waals surface area contributed by atoms with Gasteiger partial charge in [0.25, 0.3) is 0 Å². The second-order valence-corrected chi connectivity index (χ2v) is 3.54. The molecule has 5 heteroatoms. The molecule has 80 valence electrons. The van der Waals surface area contributed by atoms with Gasteiger partial charge in [0.2, 0.25) is 5.91 Å². The smallest absolute Gasteiger partial charge is 0.307 e. The first-order chi connectivity index (χ1) is 6.56. The number of nitrogens with zero attached hydrogens (tertiary/aromatic N) is 2. The maximum absolute atomic E-state index is 11.7. The Labute approximate surface area is 83.6 Å². The second kappa shape index (κ2) is 4.41. The van der Waals surface area contributed by atoms with E-state index in [1.54, 1.807) is 11.9 Å². The van der Waals surface area contributed by atoms with Gasteiger partial charge in [-0.15, -0.1) is 0 Å². The summed E-state index contributed by atoms with van der Waals surface area (Å²) in [4.78, 5) is 26.3. The highest BCUT2D eigenvalue weighted by Gasteiger charge is 2.32. The Hall–Kier alpha value is -1.10. The van der Waals surface area contributed by atoms with E-state index in [0.717, 1.165) is 6.54 Å². The summed E-state index contributed by atoms with van der Waals surface area (Å²) in [5.41, 5.74) is 0. The highest BCUT2D eigenvalue weighted by Crippen LogP contribution is 2.11. The summed E-state index contributed by atoms with van der Waals surface area (Å²) >= 11 is 0. The van der Waals surface area contributed by atoms with E-state index in [4.69, 9.17) is 0 Å². The fourth-order valence-corrected chi connectivity index (χ4v) is 1.50. The molecule has 0 spiro atoms. The largest absolute Gasteiger partial charge is 0.469 e. The Kier molecular flexibility index (Phi) is 3.46. The molecular weight excluding hydrogens is 184 g/mol. The van der Waals surface area contributed by atoms with Gasteiger partial charge in [0, 0.05) is 20.1 Å². The molecule has 5 nitrogen and oxygen atoms in total. The third-order valence-corrected chi connectivity index (χ3v) is 2.57. The van der Waals surface area contributed by atoms with Crippen molar-refractivity contribution in [2.45, 2.75) is 12.5 Å². The Morgan fingerprint density at radius 1 is 1.50 bits per heavy atom. The number of amides is 1. The number of rotatable bonds is 2. The van der Waals surface area contributed by atoms with Crippen LogP contribution in [0.15, 0.2) is 0 Å². The maximum atomic E-state index is 11.7. The molecule has 1 fully saturated rings. The lowest BCUT2D eigenvalue weighted by Crippen LogP contribution is -2.54. The van der Waals surface area contributed by atoms with Crippen LogP contribution in [0, 0.1) is 0 Å². The summed E-state index contributed by atoms with van der Waals surface area (Å²) < 4.78 is 4.55. The topological polar surface area (TPSA) is 49.9 Å². The van der Waals surface area contributed by atoms with Crippen molar-refractivity contribution in [1.82, 2.24) is 9.80 Å². The van der Waals surface area contributed by atoms with E-state index >= 15 is 0 Å². The normalized spacial score (nSPS) is 23.8. The van der Waals surface area contributed by atoms with Crippen LogP contribution < -0.4 is 0 Å². The van der Waals surface area contributed by atoms with Crippen molar-refractivity contribution in [2.75, 3.05) is 34.3 Å². The first kappa shape index (κ1) is 11.0. The summed E-state index contributed by atoms with van der Waals surface area (Å²) in [6, 6.07) is -0.360.